The lowest BCUT2D eigenvalue weighted by Crippen LogP contribution is -2.25. The molecular weight excluding hydrogens is 242 g/mol. The van der Waals surface area contributed by atoms with E-state index in [4.69, 9.17) is 22.5 Å². The van der Waals surface area contributed by atoms with Gasteiger partial charge in [0.2, 0.25) is 0 Å². The highest BCUT2D eigenvalue weighted by molar-refractivity contribution is 6.34. The molecule has 92 valence electrons. The first-order valence-electron chi connectivity index (χ1n) is 5.33. The van der Waals surface area contributed by atoms with Gasteiger partial charge in [-0.3, -0.25) is 0 Å². The third kappa shape index (κ3) is 2.30. The van der Waals surface area contributed by atoms with Crippen molar-refractivity contribution >= 4 is 23.1 Å². The molecule has 0 radical (unpaired) electrons. The molecule has 1 aromatic rings. The summed E-state index contributed by atoms with van der Waals surface area (Å²) in [6.45, 7) is 1.26. The van der Waals surface area contributed by atoms with Crippen molar-refractivity contribution in [3.63, 3.8) is 0 Å². The molecule has 0 spiro atoms. The van der Waals surface area contributed by atoms with E-state index in [1.165, 1.54) is 0 Å². The minimum absolute atomic E-state index is 0.0213. The molecule has 0 amide bonds. The van der Waals surface area contributed by atoms with Crippen LogP contribution in [0.5, 0.6) is 0 Å². The topological polar surface area (TPSA) is 82.1 Å². The average Bonchev–Trinajstić information content (AvgIpc) is 2.74. The number of nitrogens with zero attached hydrogens (tertiary/aromatic N) is 2. The van der Waals surface area contributed by atoms with Crippen molar-refractivity contribution in [1.29, 1.82) is 0 Å². The Morgan fingerprint density at radius 1 is 1.53 bits per heavy atom. The van der Waals surface area contributed by atoms with Gasteiger partial charge in [0.15, 0.2) is 5.84 Å². The fraction of sp³-hybridized carbons (Fsp3) is 0.364. The molecule has 17 heavy (non-hydrogen) atoms. The molecule has 4 N–H and O–H groups in total. The maximum atomic E-state index is 9.53. The van der Waals surface area contributed by atoms with Crippen molar-refractivity contribution in [2.45, 2.75) is 12.5 Å². The first-order valence-corrected chi connectivity index (χ1v) is 5.70. The van der Waals surface area contributed by atoms with Crippen LogP contribution in [-0.4, -0.2) is 35.3 Å². The Morgan fingerprint density at radius 2 is 2.29 bits per heavy atom. The highest BCUT2D eigenvalue weighted by Gasteiger charge is 2.24. The summed E-state index contributed by atoms with van der Waals surface area (Å²) in [5.74, 6) is -0.0213. The summed E-state index contributed by atoms with van der Waals surface area (Å²) < 4.78 is 0. The molecule has 5 nitrogen and oxygen atoms in total. The molecule has 0 bridgehead atoms. The van der Waals surface area contributed by atoms with Gasteiger partial charge in [0.05, 0.1) is 16.7 Å². The van der Waals surface area contributed by atoms with Crippen LogP contribution in [-0.2, 0) is 0 Å². The molecule has 0 saturated carbocycles. The lowest BCUT2D eigenvalue weighted by atomic mass is 10.1. The minimum Gasteiger partial charge on any atom is -0.409 e. The summed E-state index contributed by atoms with van der Waals surface area (Å²) >= 11 is 6.06. The van der Waals surface area contributed by atoms with E-state index in [1.54, 1.807) is 12.1 Å². The number of benzene rings is 1. The van der Waals surface area contributed by atoms with E-state index >= 15 is 0 Å². The van der Waals surface area contributed by atoms with E-state index in [0.29, 0.717) is 23.6 Å². The van der Waals surface area contributed by atoms with Gasteiger partial charge in [-0.05, 0) is 18.6 Å². The summed E-state index contributed by atoms with van der Waals surface area (Å²) in [4.78, 5) is 1.98. The largest absolute Gasteiger partial charge is 0.409 e. The number of aliphatic hydroxyl groups excluding tert-OH is 1. The van der Waals surface area contributed by atoms with Crippen LogP contribution in [0, 0.1) is 0 Å². The van der Waals surface area contributed by atoms with Crippen molar-refractivity contribution in [2.24, 2.45) is 10.9 Å². The number of β-amino-alcohol motifs (C(OH)–C–C–N with tert-alkyl or cyclic N) is 1. The second-order valence-electron chi connectivity index (χ2n) is 4.01. The number of rotatable bonds is 2. The fourth-order valence-corrected chi connectivity index (χ4v) is 2.31. The van der Waals surface area contributed by atoms with Crippen LogP contribution >= 0.6 is 11.6 Å². The van der Waals surface area contributed by atoms with Crippen molar-refractivity contribution < 1.29 is 10.3 Å². The third-order valence-corrected chi connectivity index (χ3v) is 3.17. The predicted molar refractivity (Wildman–Crippen MR) is 66.8 cm³/mol. The van der Waals surface area contributed by atoms with Gasteiger partial charge in [-0.25, -0.2) is 0 Å². The molecule has 0 aliphatic carbocycles. The summed E-state index contributed by atoms with van der Waals surface area (Å²) in [6.07, 6.45) is 0.372. The lowest BCUT2D eigenvalue weighted by molar-refractivity contribution is 0.198. The number of anilines is 1. The molecular formula is C11H14ClN3O2. The van der Waals surface area contributed by atoms with E-state index in [1.807, 2.05) is 11.0 Å². The Labute approximate surface area is 104 Å². The zero-order valence-corrected chi connectivity index (χ0v) is 9.93. The second kappa shape index (κ2) is 4.81. The fourth-order valence-electron chi connectivity index (χ4n) is 2.04. The lowest BCUT2D eigenvalue weighted by Gasteiger charge is -2.21. The predicted octanol–water partition coefficient (Wildman–Crippen LogP) is 1.01. The van der Waals surface area contributed by atoms with Crippen molar-refractivity contribution in [1.82, 2.24) is 0 Å². The van der Waals surface area contributed by atoms with E-state index in [0.717, 1.165) is 12.2 Å². The molecule has 1 aliphatic rings. The van der Waals surface area contributed by atoms with Gasteiger partial charge in [0.25, 0.3) is 0 Å². The van der Waals surface area contributed by atoms with E-state index < -0.39 is 0 Å². The Bertz CT molecular complexity index is 450. The molecule has 1 unspecified atom stereocenters. The summed E-state index contributed by atoms with van der Waals surface area (Å²) in [5.41, 5.74) is 6.91. The van der Waals surface area contributed by atoms with Gasteiger partial charge >= 0.3 is 0 Å². The summed E-state index contributed by atoms with van der Waals surface area (Å²) in [7, 11) is 0. The standard InChI is InChI=1S/C11H14ClN3O2/c12-8-2-1-3-9(10(8)11(13)14-17)15-5-4-7(16)6-15/h1-3,7,16-17H,4-6H2,(H2,13,14). The van der Waals surface area contributed by atoms with E-state index in [-0.39, 0.29) is 11.9 Å². The van der Waals surface area contributed by atoms with Gasteiger partial charge in [0, 0.05) is 18.8 Å². The summed E-state index contributed by atoms with van der Waals surface area (Å²) in [6, 6.07) is 5.33. The zero-order valence-electron chi connectivity index (χ0n) is 9.17. The molecule has 1 heterocycles. The number of hydrogen-bond donors (Lipinski definition) is 3. The maximum absolute atomic E-state index is 9.53. The Kier molecular flexibility index (Phi) is 3.40. The van der Waals surface area contributed by atoms with Gasteiger partial charge in [-0.2, -0.15) is 0 Å². The van der Waals surface area contributed by atoms with Crippen LogP contribution in [0.1, 0.15) is 12.0 Å². The van der Waals surface area contributed by atoms with Gasteiger partial charge < -0.3 is 20.9 Å². The molecule has 1 fully saturated rings. The van der Waals surface area contributed by atoms with Gasteiger partial charge in [0.1, 0.15) is 0 Å². The highest BCUT2D eigenvalue weighted by Crippen LogP contribution is 2.29. The van der Waals surface area contributed by atoms with Crippen LogP contribution in [0.4, 0.5) is 5.69 Å². The molecule has 1 aromatic carbocycles. The highest BCUT2D eigenvalue weighted by atomic mass is 35.5. The Morgan fingerprint density at radius 3 is 2.88 bits per heavy atom. The normalized spacial score (nSPS) is 20.9. The number of oxime groups is 1. The number of aliphatic hydroxyl groups is 1. The number of hydrogen-bond acceptors (Lipinski definition) is 4. The summed E-state index contributed by atoms with van der Waals surface area (Å²) in [5, 5.41) is 21.7. The third-order valence-electron chi connectivity index (χ3n) is 2.86. The first-order chi connectivity index (χ1) is 8.13. The van der Waals surface area contributed by atoms with Crippen LogP contribution in [0.25, 0.3) is 0 Å². The molecule has 0 aromatic heterocycles. The Hall–Kier alpha value is -1.46. The average molecular weight is 256 g/mol. The van der Waals surface area contributed by atoms with Crippen molar-refractivity contribution in [3.05, 3.63) is 28.8 Å². The maximum Gasteiger partial charge on any atom is 0.173 e. The van der Waals surface area contributed by atoms with Crippen molar-refractivity contribution in [3.8, 4) is 0 Å². The second-order valence-corrected chi connectivity index (χ2v) is 4.41. The number of nitrogens with two attached hydrogens (primary N) is 1. The molecule has 1 atom stereocenters. The quantitative estimate of drug-likeness (QED) is 0.319. The smallest absolute Gasteiger partial charge is 0.173 e. The number of amidine groups is 1. The van der Waals surface area contributed by atoms with E-state index in [2.05, 4.69) is 5.16 Å². The van der Waals surface area contributed by atoms with Crippen LogP contribution < -0.4 is 10.6 Å². The molecule has 1 saturated heterocycles. The van der Waals surface area contributed by atoms with Crippen LogP contribution in [0.15, 0.2) is 23.4 Å². The van der Waals surface area contributed by atoms with Crippen molar-refractivity contribution in [2.75, 3.05) is 18.0 Å². The zero-order chi connectivity index (χ0) is 12.4. The number of halogens is 1. The van der Waals surface area contributed by atoms with Crippen LogP contribution in [0.2, 0.25) is 5.02 Å². The monoisotopic (exact) mass is 255 g/mol. The van der Waals surface area contributed by atoms with Gasteiger partial charge in [-0.1, -0.05) is 22.8 Å². The molecule has 2 rings (SSSR count). The van der Waals surface area contributed by atoms with E-state index in [9.17, 15) is 5.11 Å². The molecule has 1 aliphatic heterocycles. The minimum atomic E-state index is -0.339. The SMILES string of the molecule is NC(=NO)c1c(Cl)cccc1N1CCC(O)C1. The van der Waals surface area contributed by atoms with Gasteiger partial charge in [-0.15, -0.1) is 0 Å². The molecule has 6 heteroatoms. The Balaban J connectivity index is 2.43. The first kappa shape index (κ1) is 12.0. The van der Waals surface area contributed by atoms with Crippen LogP contribution in [0.3, 0.4) is 0 Å².